The molecule has 0 saturated heterocycles. The SMILES string of the molecule is COc1ccc(C)cc1-c1cn(C)nc1C(=O)O. The topological polar surface area (TPSA) is 64.4 Å². The van der Waals surface area contributed by atoms with Crippen LogP contribution in [0.25, 0.3) is 11.1 Å². The predicted molar refractivity (Wildman–Crippen MR) is 66.9 cm³/mol. The Bertz CT molecular complexity index is 602. The first-order chi connectivity index (χ1) is 8.52. The van der Waals surface area contributed by atoms with E-state index in [1.54, 1.807) is 20.4 Å². The van der Waals surface area contributed by atoms with Gasteiger partial charge in [-0.15, -0.1) is 0 Å². The second kappa shape index (κ2) is 4.52. The number of carbonyl (C=O) groups is 1. The van der Waals surface area contributed by atoms with Gasteiger partial charge in [0.1, 0.15) is 5.75 Å². The molecule has 0 radical (unpaired) electrons. The highest BCUT2D eigenvalue weighted by molar-refractivity contribution is 5.94. The third kappa shape index (κ3) is 2.07. The number of aryl methyl sites for hydroxylation is 2. The summed E-state index contributed by atoms with van der Waals surface area (Å²) in [5.41, 5.74) is 2.36. The average molecular weight is 246 g/mol. The van der Waals surface area contributed by atoms with E-state index in [0.717, 1.165) is 11.1 Å². The van der Waals surface area contributed by atoms with Crippen molar-refractivity contribution in [1.82, 2.24) is 9.78 Å². The molecular formula is C13H14N2O3. The minimum Gasteiger partial charge on any atom is -0.496 e. The standard InChI is InChI=1S/C13H14N2O3/c1-8-4-5-11(18-3)9(6-8)10-7-15(2)14-12(10)13(16)17/h4-7H,1-3H3,(H,16,17). The Labute approximate surface area is 105 Å². The third-order valence-corrected chi connectivity index (χ3v) is 2.68. The van der Waals surface area contributed by atoms with Crippen LogP contribution >= 0.6 is 0 Å². The molecule has 0 amide bonds. The fourth-order valence-corrected chi connectivity index (χ4v) is 1.88. The molecule has 0 aliphatic rings. The lowest BCUT2D eigenvalue weighted by Gasteiger charge is -2.08. The number of carboxylic acid groups (broad SMARTS) is 1. The maximum atomic E-state index is 11.2. The highest BCUT2D eigenvalue weighted by Crippen LogP contribution is 2.32. The minimum absolute atomic E-state index is 0.0291. The van der Waals surface area contributed by atoms with Crippen molar-refractivity contribution in [3.8, 4) is 16.9 Å². The number of benzene rings is 1. The van der Waals surface area contributed by atoms with Crippen molar-refractivity contribution < 1.29 is 14.6 Å². The zero-order chi connectivity index (χ0) is 13.3. The monoisotopic (exact) mass is 246 g/mol. The maximum Gasteiger partial charge on any atom is 0.357 e. The molecule has 1 N–H and O–H groups in total. The first-order valence-corrected chi connectivity index (χ1v) is 5.45. The minimum atomic E-state index is -1.05. The fourth-order valence-electron chi connectivity index (χ4n) is 1.88. The Hall–Kier alpha value is -2.30. The summed E-state index contributed by atoms with van der Waals surface area (Å²) in [6, 6.07) is 5.63. The first kappa shape index (κ1) is 12.2. The van der Waals surface area contributed by atoms with Gasteiger partial charge in [-0.3, -0.25) is 4.68 Å². The van der Waals surface area contributed by atoms with E-state index in [2.05, 4.69) is 5.10 Å². The van der Waals surface area contributed by atoms with Crippen LogP contribution in [0.15, 0.2) is 24.4 Å². The normalized spacial score (nSPS) is 10.4. The number of rotatable bonds is 3. The molecule has 1 heterocycles. The van der Waals surface area contributed by atoms with Crippen molar-refractivity contribution in [2.45, 2.75) is 6.92 Å². The molecule has 5 heteroatoms. The number of nitrogens with zero attached hydrogens (tertiary/aromatic N) is 2. The Morgan fingerprint density at radius 3 is 2.72 bits per heavy atom. The van der Waals surface area contributed by atoms with E-state index in [0.29, 0.717) is 11.3 Å². The molecular weight excluding hydrogens is 232 g/mol. The Kier molecular flexibility index (Phi) is 3.06. The number of carboxylic acids is 1. The van der Waals surface area contributed by atoms with Crippen molar-refractivity contribution in [1.29, 1.82) is 0 Å². The van der Waals surface area contributed by atoms with Crippen molar-refractivity contribution in [2.24, 2.45) is 7.05 Å². The first-order valence-electron chi connectivity index (χ1n) is 5.45. The van der Waals surface area contributed by atoms with Crippen LogP contribution in [0.1, 0.15) is 16.1 Å². The zero-order valence-electron chi connectivity index (χ0n) is 10.5. The van der Waals surface area contributed by atoms with E-state index in [1.165, 1.54) is 4.68 Å². The molecule has 0 bridgehead atoms. The Morgan fingerprint density at radius 2 is 2.11 bits per heavy atom. The molecule has 18 heavy (non-hydrogen) atoms. The molecule has 0 fully saturated rings. The van der Waals surface area contributed by atoms with Gasteiger partial charge in [0, 0.05) is 24.4 Å². The summed E-state index contributed by atoms with van der Waals surface area (Å²) in [6.45, 7) is 1.94. The van der Waals surface area contributed by atoms with Gasteiger partial charge < -0.3 is 9.84 Å². The average Bonchev–Trinajstić information content (AvgIpc) is 2.71. The largest absolute Gasteiger partial charge is 0.496 e. The molecule has 0 atom stereocenters. The highest BCUT2D eigenvalue weighted by atomic mass is 16.5. The summed E-state index contributed by atoms with van der Waals surface area (Å²) in [4.78, 5) is 11.2. The molecule has 5 nitrogen and oxygen atoms in total. The van der Waals surface area contributed by atoms with Crippen LogP contribution in [0.4, 0.5) is 0 Å². The molecule has 0 saturated carbocycles. The van der Waals surface area contributed by atoms with E-state index in [1.807, 2.05) is 25.1 Å². The van der Waals surface area contributed by atoms with E-state index in [-0.39, 0.29) is 5.69 Å². The van der Waals surface area contributed by atoms with Crippen molar-refractivity contribution in [3.63, 3.8) is 0 Å². The van der Waals surface area contributed by atoms with Gasteiger partial charge in [0.2, 0.25) is 0 Å². The van der Waals surface area contributed by atoms with Gasteiger partial charge in [-0.25, -0.2) is 4.79 Å². The van der Waals surface area contributed by atoms with Gasteiger partial charge in [-0.1, -0.05) is 11.6 Å². The summed E-state index contributed by atoms with van der Waals surface area (Å²) in [7, 11) is 3.25. The van der Waals surface area contributed by atoms with Gasteiger partial charge in [0.25, 0.3) is 0 Å². The molecule has 2 aromatic rings. The zero-order valence-corrected chi connectivity index (χ0v) is 10.5. The number of aromatic nitrogens is 2. The molecule has 1 aromatic heterocycles. The predicted octanol–water partition coefficient (Wildman–Crippen LogP) is 2.10. The van der Waals surface area contributed by atoms with E-state index in [4.69, 9.17) is 9.84 Å². The lowest BCUT2D eigenvalue weighted by atomic mass is 10.0. The van der Waals surface area contributed by atoms with Crippen LogP contribution in [-0.2, 0) is 7.05 Å². The van der Waals surface area contributed by atoms with Gasteiger partial charge in [-0.2, -0.15) is 5.10 Å². The third-order valence-electron chi connectivity index (χ3n) is 2.68. The lowest BCUT2D eigenvalue weighted by molar-refractivity contribution is 0.0690. The number of aromatic carboxylic acids is 1. The second-order valence-electron chi connectivity index (χ2n) is 4.07. The summed E-state index contributed by atoms with van der Waals surface area (Å²) in [6.07, 6.45) is 1.68. The summed E-state index contributed by atoms with van der Waals surface area (Å²) >= 11 is 0. The van der Waals surface area contributed by atoms with Crippen LogP contribution in [0.5, 0.6) is 5.75 Å². The van der Waals surface area contributed by atoms with Crippen molar-refractivity contribution in [2.75, 3.05) is 7.11 Å². The number of hydrogen-bond donors (Lipinski definition) is 1. The highest BCUT2D eigenvalue weighted by Gasteiger charge is 2.19. The quantitative estimate of drug-likeness (QED) is 0.900. The van der Waals surface area contributed by atoms with Crippen LogP contribution < -0.4 is 4.74 Å². The molecule has 0 aliphatic carbocycles. The molecule has 0 aliphatic heterocycles. The van der Waals surface area contributed by atoms with Gasteiger partial charge in [0.05, 0.1) is 7.11 Å². The van der Waals surface area contributed by atoms with Crippen molar-refractivity contribution >= 4 is 5.97 Å². The number of methoxy groups -OCH3 is 1. The van der Waals surface area contributed by atoms with Crippen LogP contribution in [0, 0.1) is 6.92 Å². The van der Waals surface area contributed by atoms with Crippen LogP contribution in [0.2, 0.25) is 0 Å². The van der Waals surface area contributed by atoms with E-state index in [9.17, 15) is 4.79 Å². The molecule has 94 valence electrons. The summed E-state index contributed by atoms with van der Waals surface area (Å²) in [5, 5.41) is 13.1. The Morgan fingerprint density at radius 1 is 1.39 bits per heavy atom. The lowest BCUT2D eigenvalue weighted by Crippen LogP contribution is -2.01. The summed E-state index contributed by atoms with van der Waals surface area (Å²) < 4.78 is 6.76. The van der Waals surface area contributed by atoms with Crippen LogP contribution in [0.3, 0.4) is 0 Å². The number of hydrogen-bond acceptors (Lipinski definition) is 3. The summed E-state index contributed by atoms with van der Waals surface area (Å²) in [5.74, 6) is -0.412. The second-order valence-corrected chi connectivity index (χ2v) is 4.07. The molecule has 0 unspecified atom stereocenters. The van der Waals surface area contributed by atoms with Gasteiger partial charge in [-0.05, 0) is 19.1 Å². The van der Waals surface area contributed by atoms with Crippen LogP contribution in [-0.4, -0.2) is 28.0 Å². The smallest absolute Gasteiger partial charge is 0.357 e. The molecule has 0 spiro atoms. The van der Waals surface area contributed by atoms with E-state index >= 15 is 0 Å². The van der Waals surface area contributed by atoms with Gasteiger partial charge in [0.15, 0.2) is 5.69 Å². The van der Waals surface area contributed by atoms with E-state index < -0.39 is 5.97 Å². The van der Waals surface area contributed by atoms with Gasteiger partial charge >= 0.3 is 5.97 Å². The maximum absolute atomic E-state index is 11.2. The Balaban J connectivity index is 2.68. The van der Waals surface area contributed by atoms with Crippen molar-refractivity contribution in [3.05, 3.63) is 35.7 Å². The molecule has 1 aromatic carbocycles. The molecule has 2 rings (SSSR count). The fraction of sp³-hybridized carbons (Fsp3) is 0.231. The number of ether oxygens (including phenoxy) is 1.